The van der Waals surface area contributed by atoms with Crippen molar-refractivity contribution >= 4 is 5.82 Å². The van der Waals surface area contributed by atoms with Gasteiger partial charge in [-0.1, -0.05) is 19.9 Å². The largest absolute Gasteiger partial charge is 0.357 e. The Morgan fingerprint density at radius 1 is 1.20 bits per heavy atom. The molecule has 1 rings (SSSR count). The molecule has 0 aromatic carbocycles. The zero-order valence-electron chi connectivity index (χ0n) is 13.7. The van der Waals surface area contributed by atoms with Crippen LogP contribution in [0.1, 0.15) is 32.8 Å². The molecule has 1 aromatic heterocycles. The number of aromatic nitrogens is 1. The highest BCUT2D eigenvalue weighted by Crippen LogP contribution is 2.11. The molecule has 1 aromatic rings. The van der Waals surface area contributed by atoms with Crippen molar-refractivity contribution in [1.82, 2.24) is 15.2 Å². The van der Waals surface area contributed by atoms with Gasteiger partial charge in [-0.25, -0.2) is 4.98 Å². The third kappa shape index (κ3) is 6.35. The van der Waals surface area contributed by atoms with Crippen LogP contribution in [0.5, 0.6) is 0 Å². The van der Waals surface area contributed by atoms with Gasteiger partial charge in [-0.3, -0.25) is 0 Å². The van der Waals surface area contributed by atoms with Crippen LogP contribution in [0.4, 0.5) is 5.82 Å². The Morgan fingerprint density at radius 2 is 1.95 bits per heavy atom. The first-order chi connectivity index (χ1) is 9.52. The Kier molecular flexibility index (Phi) is 7.55. The molecule has 4 heteroatoms. The van der Waals surface area contributed by atoms with Crippen LogP contribution < -0.4 is 10.2 Å². The minimum atomic E-state index is 0.507. The standard InChI is InChI=1S/C16H30N4/c1-6-20(11-7-10-19(4)5)16-9-8-15(13-18-16)12-17-14(2)3/h8-9,13-14,17H,6-7,10-12H2,1-5H3. The van der Waals surface area contributed by atoms with E-state index >= 15 is 0 Å². The summed E-state index contributed by atoms with van der Waals surface area (Å²) in [6, 6.07) is 4.82. The second-order valence-electron chi connectivity index (χ2n) is 5.80. The first-order valence-corrected chi connectivity index (χ1v) is 7.61. The lowest BCUT2D eigenvalue weighted by Crippen LogP contribution is -2.28. The molecule has 20 heavy (non-hydrogen) atoms. The fourth-order valence-electron chi connectivity index (χ4n) is 2.04. The van der Waals surface area contributed by atoms with Crippen molar-refractivity contribution in [2.75, 3.05) is 38.6 Å². The van der Waals surface area contributed by atoms with Gasteiger partial charge < -0.3 is 15.1 Å². The first kappa shape index (κ1) is 16.9. The van der Waals surface area contributed by atoms with Crippen molar-refractivity contribution in [2.24, 2.45) is 0 Å². The van der Waals surface area contributed by atoms with E-state index in [1.165, 1.54) is 12.0 Å². The number of hydrogen-bond acceptors (Lipinski definition) is 4. The molecule has 0 bridgehead atoms. The number of nitrogens with one attached hydrogen (secondary N) is 1. The van der Waals surface area contributed by atoms with Gasteiger partial charge in [0.2, 0.25) is 0 Å². The van der Waals surface area contributed by atoms with E-state index in [-0.39, 0.29) is 0 Å². The fourth-order valence-corrected chi connectivity index (χ4v) is 2.04. The summed E-state index contributed by atoms with van der Waals surface area (Å²) in [5, 5.41) is 3.41. The summed E-state index contributed by atoms with van der Waals surface area (Å²) >= 11 is 0. The smallest absolute Gasteiger partial charge is 0.128 e. The van der Waals surface area contributed by atoms with Gasteiger partial charge in [0.1, 0.15) is 5.82 Å². The van der Waals surface area contributed by atoms with E-state index in [1.807, 2.05) is 6.20 Å². The third-order valence-corrected chi connectivity index (χ3v) is 3.26. The molecule has 0 saturated heterocycles. The number of anilines is 1. The van der Waals surface area contributed by atoms with E-state index in [0.29, 0.717) is 6.04 Å². The van der Waals surface area contributed by atoms with Crippen LogP contribution in [0.25, 0.3) is 0 Å². The number of rotatable bonds is 9. The highest BCUT2D eigenvalue weighted by atomic mass is 15.2. The van der Waals surface area contributed by atoms with Gasteiger partial charge in [0.05, 0.1) is 0 Å². The van der Waals surface area contributed by atoms with Crippen LogP contribution in [0, 0.1) is 0 Å². The van der Waals surface area contributed by atoms with Crippen molar-refractivity contribution < 1.29 is 0 Å². The summed E-state index contributed by atoms with van der Waals surface area (Å²) in [4.78, 5) is 9.16. The highest BCUT2D eigenvalue weighted by molar-refractivity contribution is 5.39. The van der Waals surface area contributed by atoms with E-state index in [9.17, 15) is 0 Å². The summed E-state index contributed by atoms with van der Waals surface area (Å²) in [5.41, 5.74) is 1.24. The van der Waals surface area contributed by atoms with E-state index in [2.05, 4.69) is 67.1 Å². The molecule has 114 valence electrons. The maximum atomic E-state index is 4.60. The van der Waals surface area contributed by atoms with Gasteiger partial charge in [0, 0.05) is 31.9 Å². The normalized spacial score (nSPS) is 11.3. The van der Waals surface area contributed by atoms with Gasteiger partial charge in [-0.05, 0) is 45.6 Å². The predicted molar refractivity (Wildman–Crippen MR) is 87.3 cm³/mol. The Labute approximate surface area is 124 Å². The second-order valence-corrected chi connectivity index (χ2v) is 5.80. The van der Waals surface area contributed by atoms with Gasteiger partial charge in [0.15, 0.2) is 0 Å². The van der Waals surface area contributed by atoms with E-state index < -0.39 is 0 Å². The van der Waals surface area contributed by atoms with Crippen molar-refractivity contribution in [3.05, 3.63) is 23.9 Å². The number of hydrogen-bond donors (Lipinski definition) is 1. The summed E-state index contributed by atoms with van der Waals surface area (Å²) in [5.74, 6) is 1.08. The molecule has 0 aliphatic rings. The molecule has 4 nitrogen and oxygen atoms in total. The topological polar surface area (TPSA) is 31.4 Å². The Morgan fingerprint density at radius 3 is 2.45 bits per heavy atom. The maximum absolute atomic E-state index is 4.60. The summed E-state index contributed by atoms with van der Waals surface area (Å²) < 4.78 is 0. The van der Waals surface area contributed by atoms with Crippen LogP contribution in [-0.2, 0) is 6.54 Å². The predicted octanol–water partition coefficient (Wildman–Crippen LogP) is 2.36. The molecular weight excluding hydrogens is 248 g/mol. The monoisotopic (exact) mass is 278 g/mol. The Bertz CT molecular complexity index is 359. The van der Waals surface area contributed by atoms with Crippen LogP contribution in [0.2, 0.25) is 0 Å². The average molecular weight is 278 g/mol. The molecule has 0 spiro atoms. The molecular formula is C16H30N4. The quantitative estimate of drug-likeness (QED) is 0.751. The molecule has 0 atom stereocenters. The summed E-state index contributed by atoms with van der Waals surface area (Å²) in [6.07, 6.45) is 3.15. The van der Waals surface area contributed by atoms with Crippen LogP contribution in [0.3, 0.4) is 0 Å². The zero-order valence-corrected chi connectivity index (χ0v) is 13.7. The third-order valence-electron chi connectivity index (χ3n) is 3.26. The van der Waals surface area contributed by atoms with Crippen LogP contribution in [-0.4, -0.2) is 49.7 Å². The van der Waals surface area contributed by atoms with Crippen LogP contribution in [0.15, 0.2) is 18.3 Å². The molecule has 1 N–H and O–H groups in total. The molecule has 1 heterocycles. The molecule has 0 aliphatic carbocycles. The molecule has 0 fully saturated rings. The lowest BCUT2D eigenvalue weighted by atomic mass is 10.2. The molecule has 0 radical (unpaired) electrons. The van der Waals surface area contributed by atoms with Crippen molar-refractivity contribution in [2.45, 2.75) is 39.8 Å². The lowest BCUT2D eigenvalue weighted by Gasteiger charge is -2.23. The minimum Gasteiger partial charge on any atom is -0.357 e. The molecule has 0 amide bonds. The second kappa shape index (κ2) is 8.93. The summed E-state index contributed by atoms with van der Waals surface area (Å²) in [6.45, 7) is 10.6. The van der Waals surface area contributed by atoms with E-state index in [4.69, 9.17) is 0 Å². The lowest BCUT2D eigenvalue weighted by molar-refractivity contribution is 0.400. The van der Waals surface area contributed by atoms with Crippen molar-refractivity contribution in [3.8, 4) is 0 Å². The summed E-state index contributed by atoms with van der Waals surface area (Å²) in [7, 11) is 4.23. The number of pyridine rings is 1. The Balaban J connectivity index is 2.51. The maximum Gasteiger partial charge on any atom is 0.128 e. The Hall–Kier alpha value is -1.13. The van der Waals surface area contributed by atoms with E-state index in [1.54, 1.807) is 0 Å². The van der Waals surface area contributed by atoms with Crippen LogP contribution >= 0.6 is 0 Å². The first-order valence-electron chi connectivity index (χ1n) is 7.61. The van der Waals surface area contributed by atoms with Crippen molar-refractivity contribution in [3.63, 3.8) is 0 Å². The minimum absolute atomic E-state index is 0.507. The van der Waals surface area contributed by atoms with Gasteiger partial charge in [-0.15, -0.1) is 0 Å². The van der Waals surface area contributed by atoms with Crippen molar-refractivity contribution in [1.29, 1.82) is 0 Å². The fraction of sp³-hybridized carbons (Fsp3) is 0.688. The SMILES string of the molecule is CCN(CCCN(C)C)c1ccc(CNC(C)C)cn1. The van der Waals surface area contributed by atoms with E-state index in [0.717, 1.165) is 32.0 Å². The number of nitrogens with zero attached hydrogens (tertiary/aromatic N) is 3. The van der Waals surface area contributed by atoms with Gasteiger partial charge in [0.25, 0.3) is 0 Å². The molecule has 0 saturated carbocycles. The molecule has 0 unspecified atom stereocenters. The molecule has 0 aliphatic heterocycles. The highest BCUT2D eigenvalue weighted by Gasteiger charge is 2.06. The zero-order chi connectivity index (χ0) is 15.0. The average Bonchev–Trinajstić information content (AvgIpc) is 2.42. The van der Waals surface area contributed by atoms with Gasteiger partial charge in [-0.2, -0.15) is 0 Å². The van der Waals surface area contributed by atoms with Gasteiger partial charge >= 0.3 is 0 Å².